The molecule has 74 valence electrons. The smallest absolute Gasteiger partial charge is 0.213 e. The molecule has 0 aliphatic heterocycles. The molecule has 0 spiro atoms. The van der Waals surface area contributed by atoms with Gasteiger partial charge in [0.15, 0.2) is 0 Å². The molecule has 0 saturated carbocycles. The quantitative estimate of drug-likeness (QED) is 0.642. The second-order valence-electron chi connectivity index (χ2n) is 3.50. The maximum absolute atomic E-state index is 11.2. The molecular formula is C7H18N2O2S. The van der Waals surface area contributed by atoms with Crippen LogP contribution in [0.2, 0.25) is 0 Å². The largest absolute Gasteiger partial charge is 0.327 e. The summed E-state index contributed by atoms with van der Waals surface area (Å²) >= 11 is 0. The number of hydrogen-bond acceptors (Lipinski definition) is 3. The van der Waals surface area contributed by atoms with Gasteiger partial charge in [0.25, 0.3) is 0 Å². The van der Waals surface area contributed by atoms with E-state index in [1.165, 1.54) is 0 Å². The van der Waals surface area contributed by atoms with Gasteiger partial charge in [-0.15, -0.1) is 0 Å². The minimum atomic E-state index is -3.15. The molecule has 0 saturated heterocycles. The molecule has 5 heteroatoms. The first kappa shape index (κ1) is 11.9. The van der Waals surface area contributed by atoms with Gasteiger partial charge in [-0.3, -0.25) is 0 Å². The van der Waals surface area contributed by atoms with E-state index in [2.05, 4.69) is 4.72 Å². The van der Waals surface area contributed by atoms with E-state index in [-0.39, 0.29) is 11.8 Å². The molecule has 0 rings (SSSR count). The average molecular weight is 194 g/mol. The van der Waals surface area contributed by atoms with Crippen LogP contribution in [0.4, 0.5) is 0 Å². The molecule has 0 radical (unpaired) electrons. The molecule has 1 atom stereocenters. The van der Waals surface area contributed by atoms with Crippen LogP contribution in [0, 0.1) is 5.92 Å². The lowest BCUT2D eigenvalue weighted by Crippen LogP contribution is -2.36. The van der Waals surface area contributed by atoms with Gasteiger partial charge in [-0.2, -0.15) is 0 Å². The lowest BCUT2D eigenvalue weighted by atomic mass is 10.2. The zero-order valence-electron chi connectivity index (χ0n) is 7.87. The van der Waals surface area contributed by atoms with Gasteiger partial charge in [0, 0.05) is 12.6 Å². The third kappa shape index (κ3) is 6.57. The molecule has 1 unspecified atom stereocenters. The van der Waals surface area contributed by atoms with Crippen molar-refractivity contribution in [2.24, 2.45) is 11.7 Å². The van der Waals surface area contributed by atoms with Crippen molar-refractivity contribution in [3.63, 3.8) is 0 Å². The van der Waals surface area contributed by atoms with E-state index < -0.39 is 10.0 Å². The molecule has 0 amide bonds. The number of hydrogen-bond donors (Lipinski definition) is 2. The van der Waals surface area contributed by atoms with Crippen LogP contribution in [0.15, 0.2) is 0 Å². The molecule has 0 aromatic heterocycles. The fourth-order valence-corrected chi connectivity index (χ4v) is 2.10. The fourth-order valence-electron chi connectivity index (χ4n) is 0.699. The predicted molar refractivity (Wildman–Crippen MR) is 50.3 cm³/mol. The summed E-state index contributed by atoms with van der Waals surface area (Å²) in [6, 6.07) is -0.310. The van der Waals surface area contributed by atoms with Crippen molar-refractivity contribution in [3.05, 3.63) is 0 Å². The molecular weight excluding hydrogens is 176 g/mol. The highest BCUT2D eigenvalue weighted by Crippen LogP contribution is 1.92. The highest BCUT2D eigenvalue weighted by atomic mass is 32.2. The highest BCUT2D eigenvalue weighted by molar-refractivity contribution is 7.89. The Morgan fingerprint density at radius 1 is 1.33 bits per heavy atom. The van der Waals surface area contributed by atoms with E-state index in [0.29, 0.717) is 12.5 Å². The van der Waals surface area contributed by atoms with Crippen LogP contribution in [-0.4, -0.2) is 26.8 Å². The van der Waals surface area contributed by atoms with Gasteiger partial charge in [-0.05, 0) is 12.8 Å². The van der Waals surface area contributed by atoms with E-state index in [4.69, 9.17) is 5.73 Å². The van der Waals surface area contributed by atoms with Gasteiger partial charge in [-0.1, -0.05) is 13.8 Å². The Morgan fingerprint density at radius 2 is 1.83 bits per heavy atom. The Balaban J connectivity index is 3.89. The Labute approximate surface area is 74.6 Å². The molecule has 0 aliphatic rings. The van der Waals surface area contributed by atoms with Gasteiger partial charge >= 0.3 is 0 Å². The van der Waals surface area contributed by atoms with Gasteiger partial charge in [0.05, 0.1) is 5.75 Å². The average Bonchev–Trinajstić information content (AvgIpc) is 1.81. The molecule has 0 heterocycles. The lowest BCUT2D eigenvalue weighted by Gasteiger charge is -2.09. The summed E-state index contributed by atoms with van der Waals surface area (Å²) in [6.45, 7) is 6.06. The van der Waals surface area contributed by atoms with E-state index in [1.807, 2.05) is 13.8 Å². The predicted octanol–water partition coefficient (Wildman–Crippen LogP) is -0.0910. The zero-order chi connectivity index (χ0) is 9.78. The van der Waals surface area contributed by atoms with Crippen molar-refractivity contribution >= 4 is 10.0 Å². The monoisotopic (exact) mass is 194 g/mol. The van der Waals surface area contributed by atoms with Crippen LogP contribution in [-0.2, 0) is 10.0 Å². The van der Waals surface area contributed by atoms with Crippen molar-refractivity contribution in [2.75, 3.05) is 12.3 Å². The van der Waals surface area contributed by atoms with Crippen molar-refractivity contribution in [1.82, 2.24) is 4.72 Å². The Hall–Kier alpha value is -0.130. The molecule has 0 aromatic rings. The first-order valence-electron chi connectivity index (χ1n) is 4.06. The first-order valence-corrected chi connectivity index (χ1v) is 5.71. The first-order chi connectivity index (χ1) is 5.33. The third-order valence-corrected chi connectivity index (χ3v) is 2.76. The summed E-state index contributed by atoms with van der Waals surface area (Å²) in [7, 11) is -3.15. The summed E-state index contributed by atoms with van der Waals surface area (Å²) in [4.78, 5) is 0. The molecule has 0 fully saturated rings. The van der Waals surface area contributed by atoms with Crippen molar-refractivity contribution in [3.8, 4) is 0 Å². The molecule has 3 N–H and O–H groups in total. The standard InChI is InChI=1S/C7H18N2O2S/c1-6(2)4-9-12(10,11)5-7(3)8/h6-7,9H,4-5,8H2,1-3H3. The molecule has 4 nitrogen and oxygen atoms in total. The van der Waals surface area contributed by atoms with E-state index in [9.17, 15) is 8.42 Å². The molecule has 0 aliphatic carbocycles. The van der Waals surface area contributed by atoms with Crippen LogP contribution in [0.5, 0.6) is 0 Å². The number of nitrogens with one attached hydrogen (secondary N) is 1. The van der Waals surface area contributed by atoms with Crippen molar-refractivity contribution in [1.29, 1.82) is 0 Å². The van der Waals surface area contributed by atoms with Gasteiger partial charge in [-0.25, -0.2) is 13.1 Å². The summed E-state index contributed by atoms with van der Waals surface area (Å²) in [5.74, 6) is 0.326. The van der Waals surface area contributed by atoms with Gasteiger partial charge in [0.1, 0.15) is 0 Å². The van der Waals surface area contributed by atoms with Crippen LogP contribution < -0.4 is 10.5 Å². The second kappa shape index (κ2) is 4.79. The summed E-state index contributed by atoms with van der Waals surface area (Å²) < 4.78 is 24.8. The van der Waals surface area contributed by atoms with Crippen LogP contribution in [0.25, 0.3) is 0 Å². The number of sulfonamides is 1. The van der Waals surface area contributed by atoms with Gasteiger partial charge < -0.3 is 5.73 Å². The SMILES string of the molecule is CC(C)CNS(=O)(=O)CC(C)N. The maximum atomic E-state index is 11.2. The third-order valence-electron chi connectivity index (χ3n) is 1.19. The Morgan fingerprint density at radius 3 is 2.17 bits per heavy atom. The lowest BCUT2D eigenvalue weighted by molar-refractivity contribution is 0.555. The van der Waals surface area contributed by atoms with Crippen LogP contribution in [0.3, 0.4) is 0 Å². The van der Waals surface area contributed by atoms with E-state index >= 15 is 0 Å². The number of nitrogens with two attached hydrogens (primary N) is 1. The fraction of sp³-hybridized carbons (Fsp3) is 1.00. The highest BCUT2D eigenvalue weighted by Gasteiger charge is 2.12. The summed E-state index contributed by atoms with van der Waals surface area (Å²) in [5.41, 5.74) is 5.37. The Kier molecular flexibility index (Phi) is 4.74. The minimum absolute atomic E-state index is 0.000278. The zero-order valence-corrected chi connectivity index (χ0v) is 8.69. The van der Waals surface area contributed by atoms with E-state index in [0.717, 1.165) is 0 Å². The van der Waals surface area contributed by atoms with Crippen LogP contribution in [0.1, 0.15) is 20.8 Å². The molecule has 12 heavy (non-hydrogen) atoms. The Bertz CT molecular complexity index is 209. The summed E-state index contributed by atoms with van der Waals surface area (Å²) in [6.07, 6.45) is 0. The van der Waals surface area contributed by atoms with Crippen molar-refractivity contribution < 1.29 is 8.42 Å². The normalized spacial score (nSPS) is 15.1. The number of rotatable bonds is 5. The molecule has 0 aromatic carbocycles. The van der Waals surface area contributed by atoms with Crippen LogP contribution >= 0.6 is 0 Å². The van der Waals surface area contributed by atoms with Gasteiger partial charge in [0.2, 0.25) is 10.0 Å². The van der Waals surface area contributed by atoms with Crippen molar-refractivity contribution in [2.45, 2.75) is 26.8 Å². The molecule has 0 bridgehead atoms. The second-order valence-corrected chi connectivity index (χ2v) is 5.35. The van der Waals surface area contributed by atoms with E-state index in [1.54, 1.807) is 6.92 Å². The maximum Gasteiger partial charge on any atom is 0.213 e. The minimum Gasteiger partial charge on any atom is -0.327 e. The topological polar surface area (TPSA) is 72.2 Å². The summed E-state index contributed by atoms with van der Waals surface area (Å²) in [5, 5.41) is 0.